The molecule has 2 atom stereocenters. The molecule has 0 aliphatic carbocycles. The monoisotopic (exact) mass is 268 g/mol. The molecule has 5 heteroatoms. The molecule has 2 unspecified atom stereocenters. The summed E-state index contributed by atoms with van der Waals surface area (Å²) in [4.78, 5) is 12.4. The van der Waals surface area contributed by atoms with Crippen molar-refractivity contribution >= 4 is 22.4 Å². The third kappa shape index (κ3) is 3.57. The number of nitrogens with two attached hydrogens (primary N) is 1. The molecule has 0 aromatic heterocycles. The quantitative estimate of drug-likeness (QED) is 0.797. The van der Waals surface area contributed by atoms with Crippen molar-refractivity contribution in [1.82, 2.24) is 5.32 Å². The molecule has 0 saturated heterocycles. The number of hydrogen-bond donors (Lipinski definition) is 2. The first-order chi connectivity index (χ1) is 8.47. The van der Waals surface area contributed by atoms with Gasteiger partial charge in [0.25, 0.3) is 0 Å². The maximum Gasteiger partial charge on any atom is 0.235 e. The molecule has 0 aliphatic heterocycles. The van der Waals surface area contributed by atoms with E-state index in [9.17, 15) is 9.00 Å². The van der Waals surface area contributed by atoms with E-state index in [0.717, 1.165) is 12.0 Å². The van der Waals surface area contributed by atoms with Crippen LogP contribution in [0.1, 0.15) is 25.8 Å². The van der Waals surface area contributed by atoms with E-state index >= 15 is 0 Å². The predicted molar refractivity (Wildman–Crippen MR) is 74.8 cm³/mol. The Morgan fingerprint density at radius 2 is 2.17 bits per heavy atom. The topological polar surface area (TPSA) is 72.2 Å². The van der Waals surface area contributed by atoms with E-state index in [0.29, 0.717) is 17.1 Å². The van der Waals surface area contributed by atoms with Crippen LogP contribution in [0.15, 0.2) is 23.1 Å². The smallest absolute Gasteiger partial charge is 0.235 e. The number of carbonyl (C=O) groups excluding carboxylic acids is 1. The molecule has 3 N–H and O–H groups in total. The Kier molecular flexibility index (Phi) is 5.34. The minimum absolute atomic E-state index is 0.175. The van der Waals surface area contributed by atoms with Gasteiger partial charge in [-0.05, 0) is 44.0 Å². The van der Waals surface area contributed by atoms with Gasteiger partial charge < -0.3 is 11.1 Å². The summed E-state index contributed by atoms with van der Waals surface area (Å²) >= 11 is 0. The van der Waals surface area contributed by atoms with E-state index in [1.807, 2.05) is 13.8 Å². The van der Waals surface area contributed by atoms with E-state index in [1.165, 1.54) is 0 Å². The maximum atomic E-state index is 12.3. The van der Waals surface area contributed by atoms with Crippen LogP contribution in [0.4, 0.5) is 5.69 Å². The molecule has 4 nitrogen and oxygen atoms in total. The van der Waals surface area contributed by atoms with Crippen molar-refractivity contribution in [3.05, 3.63) is 23.8 Å². The summed E-state index contributed by atoms with van der Waals surface area (Å²) in [5.41, 5.74) is 7.14. The minimum atomic E-state index is -1.35. The van der Waals surface area contributed by atoms with Crippen molar-refractivity contribution < 1.29 is 9.00 Å². The Morgan fingerprint density at radius 3 is 2.72 bits per heavy atom. The number of hydrogen-bond acceptors (Lipinski definition) is 3. The zero-order valence-corrected chi connectivity index (χ0v) is 11.8. The fourth-order valence-corrected chi connectivity index (χ4v) is 2.82. The normalized spacial score (nSPS) is 13.9. The zero-order valence-electron chi connectivity index (χ0n) is 11.0. The van der Waals surface area contributed by atoms with Crippen LogP contribution in [-0.2, 0) is 15.6 Å². The van der Waals surface area contributed by atoms with Crippen LogP contribution in [0.3, 0.4) is 0 Å². The van der Waals surface area contributed by atoms with Gasteiger partial charge in [0.05, 0.1) is 10.8 Å². The van der Waals surface area contributed by atoms with Gasteiger partial charge in [-0.25, -0.2) is 0 Å². The highest BCUT2D eigenvalue weighted by atomic mass is 32.2. The highest BCUT2D eigenvalue weighted by molar-refractivity contribution is 7.86. The van der Waals surface area contributed by atoms with Gasteiger partial charge in [-0.1, -0.05) is 6.92 Å². The molecule has 0 radical (unpaired) electrons. The molecule has 1 amide bonds. The summed E-state index contributed by atoms with van der Waals surface area (Å²) in [5.74, 6) is -0.175. The van der Waals surface area contributed by atoms with Crippen molar-refractivity contribution in [1.29, 1.82) is 0 Å². The second kappa shape index (κ2) is 6.54. The molecular weight excluding hydrogens is 248 g/mol. The fraction of sp³-hybridized carbons (Fsp3) is 0.462. The third-order valence-corrected chi connectivity index (χ3v) is 4.40. The molecule has 0 aliphatic rings. The number of anilines is 1. The van der Waals surface area contributed by atoms with Gasteiger partial charge in [-0.2, -0.15) is 0 Å². The van der Waals surface area contributed by atoms with Crippen LogP contribution in [0.2, 0.25) is 0 Å². The summed E-state index contributed by atoms with van der Waals surface area (Å²) in [6.45, 7) is 6.12. The summed E-state index contributed by atoms with van der Waals surface area (Å²) in [6.07, 6.45) is 0.867. The summed E-state index contributed by atoms with van der Waals surface area (Å²) in [7, 11) is -1.35. The molecule has 0 heterocycles. The van der Waals surface area contributed by atoms with Gasteiger partial charge in [-0.3, -0.25) is 9.00 Å². The highest BCUT2D eigenvalue weighted by Gasteiger charge is 2.22. The van der Waals surface area contributed by atoms with Crippen molar-refractivity contribution in [2.45, 2.75) is 37.3 Å². The first kappa shape index (κ1) is 14.7. The lowest BCUT2D eigenvalue weighted by atomic mass is 10.2. The molecule has 1 rings (SSSR count). The SMILES string of the molecule is CCCNC(=O)C(C)S(=O)c1ccc(N)cc1C. The molecular formula is C13H20N2O2S. The minimum Gasteiger partial charge on any atom is -0.399 e. The summed E-state index contributed by atoms with van der Waals surface area (Å²) in [6, 6.07) is 5.20. The number of carbonyl (C=O) groups is 1. The van der Waals surface area contributed by atoms with Crippen molar-refractivity contribution in [3.8, 4) is 0 Å². The number of rotatable bonds is 5. The standard InChI is InChI=1S/C13H20N2O2S/c1-4-7-15-13(16)10(3)18(17)12-6-5-11(14)8-9(12)2/h5-6,8,10H,4,7,14H2,1-3H3,(H,15,16). The molecule has 18 heavy (non-hydrogen) atoms. The number of nitrogen functional groups attached to an aromatic ring is 1. The third-order valence-electron chi connectivity index (χ3n) is 2.66. The van der Waals surface area contributed by atoms with Crippen LogP contribution < -0.4 is 11.1 Å². The average Bonchev–Trinajstić information content (AvgIpc) is 2.34. The molecule has 0 bridgehead atoms. The molecule has 0 saturated carbocycles. The van der Waals surface area contributed by atoms with Crippen LogP contribution in [0, 0.1) is 6.92 Å². The highest BCUT2D eigenvalue weighted by Crippen LogP contribution is 2.19. The first-order valence-electron chi connectivity index (χ1n) is 6.01. The molecule has 0 fully saturated rings. The molecule has 100 valence electrons. The fourth-order valence-electron chi connectivity index (χ4n) is 1.58. The number of nitrogens with one attached hydrogen (secondary N) is 1. The van der Waals surface area contributed by atoms with Crippen molar-refractivity contribution in [2.75, 3.05) is 12.3 Å². The lowest BCUT2D eigenvalue weighted by Crippen LogP contribution is -2.36. The maximum absolute atomic E-state index is 12.3. The Bertz CT molecular complexity index is 460. The van der Waals surface area contributed by atoms with E-state index < -0.39 is 16.0 Å². The Balaban J connectivity index is 2.83. The second-order valence-corrected chi connectivity index (χ2v) is 6.00. The Hall–Kier alpha value is -1.36. The van der Waals surface area contributed by atoms with Gasteiger partial charge in [-0.15, -0.1) is 0 Å². The molecule has 1 aromatic carbocycles. The van der Waals surface area contributed by atoms with E-state index in [4.69, 9.17) is 5.73 Å². The Labute approximate surface area is 110 Å². The van der Waals surface area contributed by atoms with Crippen LogP contribution in [-0.4, -0.2) is 21.9 Å². The van der Waals surface area contributed by atoms with E-state index in [2.05, 4.69) is 5.32 Å². The van der Waals surface area contributed by atoms with Crippen LogP contribution in [0.5, 0.6) is 0 Å². The van der Waals surface area contributed by atoms with Crippen molar-refractivity contribution in [3.63, 3.8) is 0 Å². The number of benzene rings is 1. The van der Waals surface area contributed by atoms with Gasteiger partial charge in [0.2, 0.25) is 5.91 Å². The first-order valence-corrected chi connectivity index (χ1v) is 7.23. The van der Waals surface area contributed by atoms with Gasteiger partial charge in [0, 0.05) is 17.1 Å². The number of amides is 1. The Morgan fingerprint density at radius 1 is 1.50 bits per heavy atom. The van der Waals surface area contributed by atoms with Gasteiger partial charge in [0.1, 0.15) is 5.25 Å². The van der Waals surface area contributed by atoms with Crippen molar-refractivity contribution in [2.24, 2.45) is 0 Å². The van der Waals surface area contributed by atoms with Gasteiger partial charge in [0.15, 0.2) is 0 Å². The van der Waals surface area contributed by atoms with Gasteiger partial charge >= 0.3 is 0 Å². The molecule has 1 aromatic rings. The van der Waals surface area contributed by atoms with Crippen LogP contribution >= 0.6 is 0 Å². The summed E-state index contributed by atoms with van der Waals surface area (Å²) < 4.78 is 12.3. The number of aryl methyl sites for hydroxylation is 1. The zero-order chi connectivity index (χ0) is 13.7. The van der Waals surface area contributed by atoms with E-state index in [1.54, 1.807) is 25.1 Å². The molecule has 0 spiro atoms. The lowest BCUT2D eigenvalue weighted by molar-refractivity contribution is -0.120. The van der Waals surface area contributed by atoms with E-state index in [-0.39, 0.29) is 5.91 Å². The largest absolute Gasteiger partial charge is 0.399 e. The lowest BCUT2D eigenvalue weighted by Gasteiger charge is -2.13. The predicted octanol–water partition coefficient (Wildman–Crippen LogP) is 1.60. The average molecular weight is 268 g/mol. The van der Waals surface area contributed by atoms with Crippen LogP contribution in [0.25, 0.3) is 0 Å². The summed E-state index contributed by atoms with van der Waals surface area (Å²) in [5, 5.41) is 2.20. The second-order valence-electron chi connectivity index (χ2n) is 4.26.